The number of rotatable bonds is 11. The molecule has 3 rings (SSSR count). The Kier molecular flexibility index (Phi) is 11.2. The Morgan fingerprint density at radius 2 is 1.16 bits per heavy atom. The summed E-state index contributed by atoms with van der Waals surface area (Å²) in [6.07, 6.45) is 15.3. The smallest absolute Gasteiger partial charge is 0.0916 e. The minimum atomic E-state index is -3.92. The van der Waals surface area contributed by atoms with Gasteiger partial charge in [0.15, 0.2) is 0 Å². The first-order valence-electron chi connectivity index (χ1n) is 10.3. The molecule has 0 atom stereocenters. The third-order valence-electron chi connectivity index (χ3n) is 5.66. The first kappa shape index (κ1) is 22.9. The molecule has 3 heterocycles. The van der Waals surface area contributed by atoms with Crippen LogP contribution in [0.3, 0.4) is 0 Å². The summed E-state index contributed by atoms with van der Waals surface area (Å²) >= 11 is 0. The van der Waals surface area contributed by atoms with Crippen molar-refractivity contribution in [3.8, 4) is 0 Å². The zero-order chi connectivity index (χ0) is 18.6. The van der Waals surface area contributed by atoms with E-state index in [0.717, 1.165) is 0 Å². The van der Waals surface area contributed by atoms with Crippen molar-refractivity contribution in [2.24, 2.45) is 0 Å². The van der Waals surface area contributed by atoms with Gasteiger partial charge in [0.1, 0.15) is 0 Å². The van der Waals surface area contributed by atoms with Crippen molar-refractivity contribution in [3.63, 3.8) is 0 Å². The molecule has 3 aliphatic heterocycles. The third kappa shape index (κ3) is 11.9. The molecule has 0 amide bonds. The second-order valence-electron chi connectivity index (χ2n) is 7.96. The van der Waals surface area contributed by atoms with Gasteiger partial charge in [0.05, 0.1) is 36.3 Å². The fourth-order valence-electron chi connectivity index (χ4n) is 4.00. The van der Waals surface area contributed by atoms with Gasteiger partial charge in [0.2, 0.25) is 0 Å². The molecule has 25 heavy (non-hydrogen) atoms. The van der Waals surface area contributed by atoms with E-state index >= 15 is 0 Å². The van der Waals surface area contributed by atoms with Gasteiger partial charge in [0.25, 0.3) is 0 Å². The molecule has 3 fully saturated rings. The van der Waals surface area contributed by atoms with Crippen molar-refractivity contribution in [1.82, 2.24) is 4.90 Å². The highest BCUT2D eigenvalue weighted by atomic mass is 32.2. The van der Waals surface area contributed by atoms with E-state index in [1.165, 1.54) is 115 Å². The van der Waals surface area contributed by atoms with Gasteiger partial charge in [0, 0.05) is 25.9 Å². The molecular weight excluding hydrogens is 336 g/mol. The van der Waals surface area contributed by atoms with Crippen LogP contribution in [0.25, 0.3) is 0 Å². The molecule has 0 aromatic rings. The molecule has 0 unspecified atom stereocenters. The van der Waals surface area contributed by atoms with E-state index in [1.54, 1.807) is 0 Å². The predicted molar refractivity (Wildman–Crippen MR) is 104 cm³/mol. The maximum atomic E-state index is 9.08. The predicted octanol–water partition coefficient (Wildman–Crippen LogP) is 3.21. The normalized spacial score (nSPS) is 25.5. The second-order valence-corrected chi connectivity index (χ2v) is 9.37. The quantitative estimate of drug-likeness (QED) is 0.316. The fourth-order valence-corrected chi connectivity index (χ4v) is 4.00. The lowest BCUT2D eigenvalue weighted by Gasteiger charge is -2.50. The molecule has 0 spiro atoms. The van der Waals surface area contributed by atoms with E-state index < -0.39 is 10.1 Å². The number of unbranched alkanes of at least 4 members (excludes halogenated alkanes) is 9. The van der Waals surface area contributed by atoms with Gasteiger partial charge in [-0.2, -0.15) is 0 Å². The van der Waals surface area contributed by atoms with Gasteiger partial charge in [-0.3, -0.25) is 4.90 Å². The Morgan fingerprint density at radius 3 is 1.56 bits per heavy atom. The molecule has 2 bridgehead atoms. The monoisotopic (exact) mass is 376 g/mol. The first-order valence-corrected chi connectivity index (χ1v) is 12.1. The van der Waals surface area contributed by atoms with Crippen molar-refractivity contribution in [2.75, 3.05) is 52.1 Å². The minimum Gasteiger partial charge on any atom is -0.748 e. The zero-order valence-electron chi connectivity index (χ0n) is 16.5. The van der Waals surface area contributed by atoms with E-state index in [4.69, 9.17) is 13.0 Å². The van der Waals surface area contributed by atoms with Crippen LogP contribution in [-0.2, 0) is 10.1 Å². The number of hydrogen-bond acceptors (Lipinski definition) is 4. The molecule has 3 aliphatic rings. The van der Waals surface area contributed by atoms with Gasteiger partial charge in [-0.1, -0.05) is 58.3 Å². The van der Waals surface area contributed by atoms with E-state index in [2.05, 4.69) is 11.8 Å². The highest BCUT2D eigenvalue weighted by Gasteiger charge is 2.37. The highest BCUT2D eigenvalue weighted by molar-refractivity contribution is 7.84. The van der Waals surface area contributed by atoms with Crippen molar-refractivity contribution in [2.45, 2.75) is 71.1 Å². The van der Waals surface area contributed by atoms with Gasteiger partial charge < -0.3 is 9.04 Å². The molecule has 0 saturated carbocycles. The Morgan fingerprint density at radius 1 is 0.800 bits per heavy atom. The molecule has 0 aliphatic carbocycles. The number of nitrogens with zero attached hydrogens (tertiary/aromatic N) is 2. The number of fused-ring (bicyclic) bond motifs is 3. The van der Waals surface area contributed by atoms with Crippen LogP contribution >= 0.6 is 0 Å². The molecule has 0 N–H and O–H groups in total. The SMILES string of the molecule is CCCCCCCCCCCC[N+]12CCN(CC1)CC2.CS(=O)(=O)[O-]. The summed E-state index contributed by atoms with van der Waals surface area (Å²) in [6, 6.07) is 0. The lowest BCUT2D eigenvalue weighted by atomic mass is 10.1. The van der Waals surface area contributed by atoms with E-state index in [-0.39, 0.29) is 0 Å². The van der Waals surface area contributed by atoms with Crippen molar-refractivity contribution >= 4 is 10.1 Å². The molecule has 3 saturated heterocycles. The van der Waals surface area contributed by atoms with Crippen LogP contribution in [0.4, 0.5) is 0 Å². The largest absolute Gasteiger partial charge is 0.748 e. The first-order chi connectivity index (χ1) is 11.8. The van der Waals surface area contributed by atoms with E-state index in [1.807, 2.05) is 0 Å². The van der Waals surface area contributed by atoms with Gasteiger partial charge in [-0.15, -0.1) is 0 Å². The maximum absolute atomic E-state index is 9.08. The van der Waals surface area contributed by atoms with E-state index in [0.29, 0.717) is 6.26 Å². The number of piperazine rings is 3. The Hall–Kier alpha value is -0.170. The summed E-state index contributed by atoms with van der Waals surface area (Å²) in [7, 11) is -3.92. The summed E-state index contributed by atoms with van der Waals surface area (Å²) in [4.78, 5) is 2.65. The lowest BCUT2D eigenvalue weighted by Crippen LogP contribution is -2.67. The minimum absolute atomic E-state index is 0.604. The molecule has 5 nitrogen and oxygen atoms in total. The molecule has 150 valence electrons. The summed E-state index contributed by atoms with van der Waals surface area (Å²) in [5.74, 6) is 0. The van der Waals surface area contributed by atoms with Crippen LogP contribution in [-0.4, -0.2) is 74.4 Å². The number of hydrogen-bond donors (Lipinski definition) is 0. The third-order valence-corrected chi connectivity index (χ3v) is 5.66. The van der Waals surface area contributed by atoms with Crippen LogP contribution in [0.1, 0.15) is 71.1 Å². The number of quaternary nitrogens is 1. The molecule has 0 aromatic heterocycles. The average molecular weight is 377 g/mol. The fraction of sp³-hybridized carbons (Fsp3) is 1.00. The Labute approximate surface area is 156 Å². The molecule has 0 radical (unpaired) electrons. The maximum Gasteiger partial charge on any atom is 0.0916 e. The van der Waals surface area contributed by atoms with E-state index in [9.17, 15) is 0 Å². The summed E-state index contributed by atoms with van der Waals surface area (Å²) in [6.45, 7) is 12.2. The van der Waals surface area contributed by atoms with Crippen LogP contribution in [0.5, 0.6) is 0 Å². The van der Waals surface area contributed by atoms with Crippen molar-refractivity contribution < 1.29 is 17.5 Å². The zero-order valence-corrected chi connectivity index (χ0v) is 17.4. The van der Waals surface area contributed by atoms with Crippen LogP contribution in [0.15, 0.2) is 0 Å². The highest BCUT2D eigenvalue weighted by Crippen LogP contribution is 2.21. The van der Waals surface area contributed by atoms with Crippen LogP contribution in [0.2, 0.25) is 0 Å². The second kappa shape index (κ2) is 12.3. The van der Waals surface area contributed by atoms with Gasteiger partial charge in [-0.25, -0.2) is 8.42 Å². The standard InChI is InChI=1S/C18H37N2.CH4O3S/c1-2-3-4-5-6-7-8-9-10-11-15-20-16-12-19(13-17-20)14-18-20;1-5(2,3)4/h2-18H2,1H3;1H3,(H,2,3,4)/q+1;/p-1. The van der Waals surface area contributed by atoms with Gasteiger partial charge >= 0.3 is 0 Å². The topological polar surface area (TPSA) is 60.4 Å². The molecular formula is C19H40N2O3S. The van der Waals surface area contributed by atoms with Crippen LogP contribution in [0, 0.1) is 0 Å². The Bertz CT molecular complexity index is 410. The summed E-state index contributed by atoms with van der Waals surface area (Å²) in [5.41, 5.74) is 0. The lowest BCUT2D eigenvalue weighted by molar-refractivity contribution is -0.941. The summed E-state index contributed by atoms with van der Waals surface area (Å²) in [5, 5.41) is 0. The average Bonchev–Trinajstić information content (AvgIpc) is 2.57. The molecule has 0 aromatic carbocycles. The summed E-state index contributed by atoms with van der Waals surface area (Å²) < 4.78 is 28.7. The van der Waals surface area contributed by atoms with Crippen molar-refractivity contribution in [1.29, 1.82) is 0 Å². The van der Waals surface area contributed by atoms with Crippen LogP contribution < -0.4 is 0 Å². The van der Waals surface area contributed by atoms with Gasteiger partial charge in [-0.05, 0) is 12.8 Å². The Balaban J connectivity index is 0.000000550. The molecule has 6 heteroatoms. The van der Waals surface area contributed by atoms with Crippen molar-refractivity contribution in [3.05, 3.63) is 0 Å².